The van der Waals surface area contributed by atoms with Crippen LogP contribution in [-0.4, -0.2) is 24.1 Å². The molecule has 2 rings (SSSR count). The predicted molar refractivity (Wildman–Crippen MR) is 89.2 cm³/mol. The fourth-order valence-corrected chi connectivity index (χ4v) is 2.04. The van der Waals surface area contributed by atoms with Crippen LogP contribution in [0.15, 0.2) is 24.3 Å². The number of nitrogens with zero attached hydrogens (tertiary/aromatic N) is 3. The molecule has 112 valence electrons. The fourth-order valence-electron chi connectivity index (χ4n) is 2.04. The molecule has 0 aliphatic carbocycles. The number of nitrogens with one attached hydrogen (secondary N) is 1. The molecular weight excluding hydrogens is 262 g/mol. The van der Waals surface area contributed by atoms with Gasteiger partial charge in [-0.15, -0.1) is 0 Å². The van der Waals surface area contributed by atoms with Crippen molar-refractivity contribution in [3.8, 4) is 0 Å². The van der Waals surface area contributed by atoms with Crippen molar-refractivity contribution in [2.24, 2.45) is 0 Å². The van der Waals surface area contributed by atoms with Gasteiger partial charge in [0.1, 0.15) is 17.5 Å². The minimum atomic E-state index is 0.541. The summed E-state index contributed by atoms with van der Waals surface area (Å²) >= 11 is 0. The molecule has 5 nitrogen and oxygen atoms in total. The van der Waals surface area contributed by atoms with Crippen LogP contribution in [0.4, 0.5) is 23.0 Å². The van der Waals surface area contributed by atoms with Gasteiger partial charge >= 0.3 is 0 Å². The Hall–Kier alpha value is -2.30. The topological polar surface area (TPSA) is 67.1 Å². The van der Waals surface area contributed by atoms with Gasteiger partial charge in [-0.2, -0.15) is 0 Å². The van der Waals surface area contributed by atoms with Gasteiger partial charge in [-0.3, -0.25) is 0 Å². The summed E-state index contributed by atoms with van der Waals surface area (Å²) in [5, 5.41) is 3.35. The summed E-state index contributed by atoms with van der Waals surface area (Å²) in [4.78, 5) is 11.0. The molecule has 0 atom stereocenters. The van der Waals surface area contributed by atoms with Crippen molar-refractivity contribution in [3.05, 3.63) is 35.7 Å². The van der Waals surface area contributed by atoms with Crippen LogP contribution < -0.4 is 16.0 Å². The zero-order valence-corrected chi connectivity index (χ0v) is 13.1. The van der Waals surface area contributed by atoms with Crippen molar-refractivity contribution in [2.45, 2.75) is 26.7 Å². The van der Waals surface area contributed by atoms with E-state index in [9.17, 15) is 0 Å². The number of benzene rings is 1. The van der Waals surface area contributed by atoms with E-state index in [1.807, 2.05) is 33.2 Å². The third kappa shape index (κ3) is 3.62. The Morgan fingerprint density at radius 2 is 2.00 bits per heavy atom. The minimum absolute atomic E-state index is 0.541. The summed E-state index contributed by atoms with van der Waals surface area (Å²) in [6.07, 6.45) is 1.83. The molecule has 0 saturated carbocycles. The molecule has 1 heterocycles. The standard InChI is InChI=1S/C16H23N5/c1-5-7-14-19-15(17)11(2)16(20-14)18-12-8-6-9-13(10-12)21(3)4/h6,8-10H,5,7H2,1-4H3,(H3,17,18,19,20). The van der Waals surface area contributed by atoms with Crippen molar-refractivity contribution < 1.29 is 0 Å². The maximum absolute atomic E-state index is 5.98. The van der Waals surface area contributed by atoms with E-state index >= 15 is 0 Å². The van der Waals surface area contributed by atoms with E-state index in [4.69, 9.17) is 5.73 Å². The van der Waals surface area contributed by atoms with Gasteiger partial charge in [-0.25, -0.2) is 9.97 Å². The second kappa shape index (κ2) is 6.43. The van der Waals surface area contributed by atoms with E-state index in [0.717, 1.165) is 41.4 Å². The first-order chi connectivity index (χ1) is 10.0. The Labute approximate surface area is 126 Å². The molecule has 0 amide bonds. The van der Waals surface area contributed by atoms with E-state index in [1.54, 1.807) is 0 Å². The number of aromatic nitrogens is 2. The van der Waals surface area contributed by atoms with Crippen LogP contribution in [0.25, 0.3) is 0 Å². The Kier molecular flexibility index (Phi) is 4.62. The van der Waals surface area contributed by atoms with Crippen LogP contribution >= 0.6 is 0 Å². The Bertz CT molecular complexity index is 622. The lowest BCUT2D eigenvalue weighted by atomic mass is 10.2. The van der Waals surface area contributed by atoms with Gasteiger partial charge in [-0.1, -0.05) is 13.0 Å². The van der Waals surface area contributed by atoms with Gasteiger partial charge < -0.3 is 16.0 Å². The maximum Gasteiger partial charge on any atom is 0.139 e. The molecule has 0 unspecified atom stereocenters. The summed E-state index contributed by atoms with van der Waals surface area (Å²) in [5.41, 5.74) is 8.99. The van der Waals surface area contributed by atoms with Crippen LogP contribution in [0.5, 0.6) is 0 Å². The van der Waals surface area contributed by atoms with Crippen LogP contribution in [0, 0.1) is 6.92 Å². The van der Waals surface area contributed by atoms with E-state index in [0.29, 0.717) is 5.82 Å². The van der Waals surface area contributed by atoms with Crippen LogP contribution in [-0.2, 0) is 6.42 Å². The third-order valence-corrected chi connectivity index (χ3v) is 3.33. The SMILES string of the molecule is CCCc1nc(N)c(C)c(Nc2cccc(N(C)C)c2)n1. The van der Waals surface area contributed by atoms with Crippen LogP contribution in [0.2, 0.25) is 0 Å². The molecule has 0 radical (unpaired) electrons. The lowest BCUT2D eigenvalue weighted by molar-refractivity contribution is 0.836. The molecule has 0 saturated heterocycles. The Morgan fingerprint density at radius 1 is 1.24 bits per heavy atom. The maximum atomic E-state index is 5.98. The average molecular weight is 285 g/mol. The van der Waals surface area contributed by atoms with Crippen molar-refractivity contribution in [3.63, 3.8) is 0 Å². The highest BCUT2D eigenvalue weighted by atomic mass is 15.1. The highest BCUT2D eigenvalue weighted by molar-refractivity contribution is 5.67. The average Bonchev–Trinajstić information content (AvgIpc) is 2.45. The molecule has 0 bridgehead atoms. The van der Waals surface area contributed by atoms with Gasteiger partial charge in [0, 0.05) is 37.5 Å². The van der Waals surface area contributed by atoms with Gasteiger partial charge in [0.05, 0.1) is 0 Å². The minimum Gasteiger partial charge on any atom is -0.383 e. The number of hydrogen-bond acceptors (Lipinski definition) is 5. The highest BCUT2D eigenvalue weighted by Crippen LogP contribution is 2.24. The normalized spacial score (nSPS) is 10.5. The van der Waals surface area contributed by atoms with Crippen LogP contribution in [0.1, 0.15) is 24.7 Å². The van der Waals surface area contributed by atoms with Crippen molar-refractivity contribution in [2.75, 3.05) is 30.0 Å². The number of aryl methyl sites for hydroxylation is 1. The summed E-state index contributed by atoms with van der Waals surface area (Å²) in [6.45, 7) is 4.04. The molecule has 0 spiro atoms. The smallest absolute Gasteiger partial charge is 0.139 e. The van der Waals surface area contributed by atoms with Crippen molar-refractivity contribution in [1.82, 2.24) is 9.97 Å². The molecule has 5 heteroatoms. The van der Waals surface area contributed by atoms with Gasteiger partial charge in [0.15, 0.2) is 0 Å². The fraction of sp³-hybridized carbons (Fsp3) is 0.375. The molecule has 21 heavy (non-hydrogen) atoms. The monoisotopic (exact) mass is 285 g/mol. The molecule has 2 aromatic rings. The van der Waals surface area contributed by atoms with Gasteiger partial charge in [0.25, 0.3) is 0 Å². The first-order valence-corrected chi connectivity index (χ1v) is 7.18. The second-order valence-corrected chi connectivity index (χ2v) is 5.32. The molecule has 0 fully saturated rings. The summed E-state index contributed by atoms with van der Waals surface area (Å²) in [6, 6.07) is 8.18. The lowest BCUT2D eigenvalue weighted by Crippen LogP contribution is -2.09. The molecule has 1 aromatic heterocycles. The van der Waals surface area contributed by atoms with Gasteiger partial charge in [0.2, 0.25) is 0 Å². The van der Waals surface area contributed by atoms with E-state index in [-0.39, 0.29) is 0 Å². The van der Waals surface area contributed by atoms with E-state index in [1.165, 1.54) is 0 Å². The zero-order valence-electron chi connectivity index (χ0n) is 13.1. The summed E-state index contributed by atoms with van der Waals surface area (Å²) < 4.78 is 0. The number of anilines is 4. The molecule has 0 aliphatic rings. The number of hydrogen-bond donors (Lipinski definition) is 2. The molecule has 0 aliphatic heterocycles. The largest absolute Gasteiger partial charge is 0.383 e. The van der Waals surface area contributed by atoms with E-state index in [2.05, 4.69) is 39.2 Å². The number of nitrogen functional groups attached to an aromatic ring is 1. The lowest BCUT2D eigenvalue weighted by Gasteiger charge is -2.15. The van der Waals surface area contributed by atoms with Crippen molar-refractivity contribution in [1.29, 1.82) is 0 Å². The summed E-state index contributed by atoms with van der Waals surface area (Å²) in [7, 11) is 4.04. The number of rotatable bonds is 5. The quantitative estimate of drug-likeness (QED) is 0.883. The van der Waals surface area contributed by atoms with Gasteiger partial charge in [-0.05, 0) is 31.5 Å². The second-order valence-electron chi connectivity index (χ2n) is 5.32. The Morgan fingerprint density at radius 3 is 2.67 bits per heavy atom. The zero-order chi connectivity index (χ0) is 15.4. The molecule has 1 aromatic carbocycles. The molecule has 3 N–H and O–H groups in total. The van der Waals surface area contributed by atoms with Crippen molar-refractivity contribution >= 4 is 23.0 Å². The molecular formula is C16H23N5. The third-order valence-electron chi connectivity index (χ3n) is 3.33. The van der Waals surface area contributed by atoms with Crippen LogP contribution in [0.3, 0.4) is 0 Å². The predicted octanol–water partition coefficient (Wildman–Crippen LogP) is 3.13. The Balaban J connectivity index is 2.32. The first kappa shape index (κ1) is 15.1. The summed E-state index contributed by atoms with van der Waals surface area (Å²) in [5.74, 6) is 2.11. The number of nitrogens with two attached hydrogens (primary N) is 1. The van der Waals surface area contributed by atoms with E-state index < -0.39 is 0 Å². The highest BCUT2D eigenvalue weighted by Gasteiger charge is 2.09. The first-order valence-electron chi connectivity index (χ1n) is 7.18.